The highest BCUT2D eigenvalue weighted by Gasteiger charge is 2.55. The maximum absolute atomic E-state index is 13.3. The van der Waals surface area contributed by atoms with Crippen LogP contribution in [0.1, 0.15) is 41.9 Å². The van der Waals surface area contributed by atoms with E-state index in [0.717, 1.165) is 0 Å². The van der Waals surface area contributed by atoms with Crippen molar-refractivity contribution in [2.45, 2.75) is 38.2 Å². The summed E-state index contributed by atoms with van der Waals surface area (Å²) in [7, 11) is 0. The molecule has 0 bridgehead atoms. The molecular formula is C20H18F4N4O3. The minimum atomic E-state index is -4.90. The second-order valence-corrected chi connectivity index (χ2v) is 7.63. The van der Waals surface area contributed by atoms with E-state index in [1.807, 2.05) is 0 Å². The van der Waals surface area contributed by atoms with Gasteiger partial charge in [-0.25, -0.2) is 9.37 Å². The monoisotopic (exact) mass is 438 g/mol. The molecule has 0 saturated heterocycles. The van der Waals surface area contributed by atoms with Gasteiger partial charge in [0.1, 0.15) is 5.82 Å². The van der Waals surface area contributed by atoms with Crippen LogP contribution in [0.5, 0.6) is 0 Å². The van der Waals surface area contributed by atoms with E-state index in [0.29, 0.717) is 18.2 Å². The minimum absolute atomic E-state index is 0.0111. The highest BCUT2D eigenvalue weighted by molar-refractivity contribution is 5.93. The van der Waals surface area contributed by atoms with E-state index in [4.69, 9.17) is 4.52 Å². The number of hydrogen-bond donors (Lipinski definition) is 1. The van der Waals surface area contributed by atoms with Gasteiger partial charge in [0, 0.05) is 18.2 Å². The summed E-state index contributed by atoms with van der Waals surface area (Å²) in [6.07, 6.45) is -3.68. The van der Waals surface area contributed by atoms with E-state index < -0.39 is 35.4 Å². The van der Waals surface area contributed by atoms with Gasteiger partial charge in [-0.3, -0.25) is 4.79 Å². The molecule has 11 heteroatoms. The summed E-state index contributed by atoms with van der Waals surface area (Å²) in [4.78, 5) is 18.1. The van der Waals surface area contributed by atoms with Gasteiger partial charge in [0.25, 0.3) is 5.91 Å². The third kappa shape index (κ3) is 3.58. The Hall–Kier alpha value is -3.21. The highest BCUT2D eigenvalue weighted by atomic mass is 19.4. The first-order valence-corrected chi connectivity index (χ1v) is 9.36. The van der Waals surface area contributed by atoms with E-state index in [1.165, 1.54) is 46.0 Å². The lowest BCUT2D eigenvalue weighted by Crippen LogP contribution is -2.45. The van der Waals surface area contributed by atoms with Crippen LogP contribution in [0.3, 0.4) is 0 Å². The quantitative estimate of drug-likeness (QED) is 0.631. The molecule has 1 aromatic carbocycles. The van der Waals surface area contributed by atoms with Crippen molar-refractivity contribution in [1.29, 1.82) is 0 Å². The predicted octanol–water partition coefficient (Wildman–Crippen LogP) is 3.66. The fraction of sp³-hybridized carbons (Fsp3) is 0.350. The zero-order valence-electron chi connectivity index (χ0n) is 16.5. The lowest BCUT2D eigenvalue weighted by molar-refractivity contribution is -0.263. The van der Waals surface area contributed by atoms with Gasteiger partial charge >= 0.3 is 6.18 Å². The number of rotatable bonds is 3. The number of carbonyl (C=O) groups excluding carboxylic acids is 1. The molecular weight excluding hydrogens is 420 g/mol. The smallest absolute Gasteiger partial charge is 0.374 e. The number of fused-ring (bicyclic) bond motifs is 1. The summed E-state index contributed by atoms with van der Waals surface area (Å²) in [5, 5.41) is 13.8. The Morgan fingerprint density at radius 3 is 2.58 bits per heavy atom. The summed E-state index contributed by atoms with van der Waals surface area (Å²) >= 11 is 0. The van der Waals surface area contributed by atoms with Crippen LogP contribution >= 0.6 is 0 Å². The van der Waals surface area contributed by atoms with Crippen molar-refractivity contribution in [2.24, 2.45) is 0 Å². The van der Waals surface area contributed by atoms with Crippen molar-refractivity contribution in [3.8, 4) is 11.3 Å². The van der Waals surface area contributed by atoms with E-state index in [1.54, 1.807) is 6.92 Å². The molecule has 1 unspecified atom stereocenters. The summed E-state index contributed by atoms with van der Waals surface area (Å²) in [6, 6.07) is 6.33. The van der Waals surface area contributed by atoms with Crippen LogP contribution in [0, 0.1) is 5.82 Å². The van der Waals surface area contributed by atoms with E-state index >= 15 is 0 Å². The minimum Gasteiger partial charge on any atom is -0.374 e. The second-order valence-electron chi connectivity index (χ2n) is 7.63. The van der Waals surface area contributed by atoms with Gasteiger partial charge in [0.15, 0.2) is 17.3 Å². The summed E-state index contributed by atoms with van der Waals surface area (Å²) in [5.41, 5.74) is -2.21. The molecule has 0 radical (unpaired) electrons. The molecule has 164 valence electrons. The normalized spacial score (nSPS) is 18.5. The molecule has 2 aromatic heterocycles. The Kier molecular flexibility index (Phi) is 4.88. The number of nitrogens with zero attached hydrogens (tertiary/aromatic N) is 4. The third-order valence-corrected chi connectivity index (χ3v) is 5.28. The van der Waals surface area contributed by atoms with Crippen LogP contribution in [-0.2, 0) is 12.1 Å². The average molecular weight is 438 g/mol. The number of aromatic nitrogens is 3. The number of carbonyl (C=O) groups is 1. The predicted molar refractivity (Wildman–Crippen MR) is 99.2 cm³/mol. The van der Waals surface area contributed by atoms with Crippen LogP contribution < -0.4 is 0 Å². The highest BCUT2D eigenvalue weighted by Crippen LogP contribution is 2.40. The molecule has 1 amide bonds. The van der Waals surface area contributed by atoms with Crippen molar-refractivity contribution in [3.05, 3.63) is 59.6 Å². The van der Waals surface area contributed by atoms with Crippen LogP contribution in [0.25, 0.3) is 11.3 Å². The largest absolute Gasteiger partial charge is 0.424 e. The molecule has 7 nitrogen and oxygen atoms in total. The number of aliphatic hydroxyl groups is 1. The fourth-order valence-corrected chi connectivity index (χ4v) is 3.60. The SMILES string of the molecule is C[C@H]1CN(C(=O)c2cc(-c3ccc(F)cc3)on2)Cc2cnc(C(C)(O)C(F)(F)F)n21. The van der Waals surface area contributed by atoms with Crippen molar-refractivity contribution in [3.63, 3.8) is 0 Å². The maximum atomic E-state index is 13.3. The Morgan fingerprint density at radius 2 is 1.94 bits per heavy atom. The Bertz CT molecular complexity index is 1120. The Labute approximate surface area is 173 Å². The number of alkyl halides is 3. The van der Waals surface area contributed by atoms with E-state index in [-0.39, 0.29) is 24.5 Å². The first-order chi connectivity index (χ1) is 14.5. The Balaban J connectivity index is 1.58. The molecule has 2 atom stereocenters. The van der Waals surface area contributed by atoms with Crippen LogP contribution in [-0.4, -0.2) is 43.3 Å². The number of hydrogen-bond acceptors (Lipinski definition) is 5. The van der Waals surface area contributed by atoms with Crippen LogP contribution in [0.15, 0.2) is 41.1 Å². The number of imidazole rings is 1. The molecule has 0 aliphatic carbocycles. The molecule has 1 aliphatic rings. The molecule has 1 N–H and O–H groups in total. The van der Waals surface area contributed by atoms with Gasteiger partial charge in [-0.2, -0.15) is 13.2 Å². The first kappa shape index (κ1) is 21.0. The van der Waals surface area contributed by atoms with Crippen molar-refractivity contribution in [2.75, 3.05) is 6.54 Å². The van der Waals surface area contributed by atoms with Gasteiger partial charge in [0.2, 0.25) is 5.60 Å². The van der Waals surface area contributed by atoms with Crippen LogP contribution in [0.4, 0.5) is 17.6 Å². The first-order valence-electron chi connectivity index (χ1n) is 9.36. The molecule has 1 aliphatic heterocycles. The number of benzene rings is 1. The third-order valence-electron chi connectivity index (χ3n) is 5.28. The molecule has 3 aromatic rings. The van der Waals surface area contributed by atoms with Crippen molar-refractivity contribution >= 4 is 5.91 Å². The molecule has 31 heavy (non-hydrogen) atoms. The molecule has 0 spiro atoms. The lowest BCUT2D eigenvalue weighted by Gasteiger charge is -2.35. The van der Waals surface area contributed by atoms with E-state index in [2.05, 4.69) is 10.1 Å². The zero-order chi connectivity index (χ0) is 22.6. The van der Waals surface area contributed by atoms with Crippen molar-refractivity contribution in [1.82, 2.24) is 19.6 Å². The van der Waals surface area contributed by atoms with Gasteiger partial charge in [-0.05, 0) is 38.1 Å². The van der Waals surface area contributed by atoms with Gasteiger partial charge < -0.3 is 19.1 Å². The topological polar surface area (TPSA) is 84.4 Å². The number of amides is 1. The fourth-order valence-electron chi connectivity index (χ4n) is 3.60. The molecule has 4 rings (SSSR count). The second kappa shape index (κ2) is 7.19. The van der Waals surface area contributed by atoms with Crippen molar-refractivity contribution < 1.29 is 32.0 Å². The standard InChI is InChI=1S/C20H18F4N4O3/c1-11-9-27(10-14-8-25-18(28(11)14)19(2,30)20(22,23)24)17(29)15-7-16(31-26-15)12-3-5-13(21)6-4-12/h3-8,11,30H,9-10H2,1-2H3/t11-,19?/m0/s1. The maximum Gasteiger partial charge on any atom is 0.424 e. The average Bonchev–Trinajstić information content (AvgIpc) is 3.35. The molecule has 0 fully saturated rings. The van der Waals surface area contributed by atoms with Gasteiger partial charge in [-0.1, -0.05) is 5.16 Å². The van der Waals surface area contributed by atoms with E-state index in [9.17, 15) is 27.5 Å². The zero-order valence-corrected chi connectivity index (χ0v) is 16.5. The molecule has 0 saturated carbocycles. The summed E-state index contributed by atoms with van der Waals surface area (Å²) < 4.78 is 59.4. The van der Waals surface area contributed by atoms with Gasteiger partial charge in [0.05, 0.1) is 24.5 Å². The number of halogens is 4. The summed E-state index contributed by atoms with van der Waals surface area (Å²) in [6.45, 7) is 2.36. The Morgan fingerprint density at radius 1 is 1.26 bits per heavy atom. The van der Waals surface area contributed by atoms with Crippen LogP contribution in [0.2, 0.25) is 0 Å². The molecule has 3 heterocycles. The summed E-state index contributed by atoms with van der Waals surface area (Å²) in [5.74, 6) is -1.13. The lowest BCUT2D eigenvalue weighted by atomic mass is 10.0. The van der Waals surface area contributed by atoms with Gasteiger partial charge in [-0.15, -0.1) is 0 Å².